The summed E-state index contributed by atoms with van der Waals surface area (Å²) in [5, 5.41) is 5.90. The largest absolute Gasteiger partial charge is 0.454 e. The first-order chi connectivity index (χ1) is 11.6. The average Bonchev–Trinajstić information content (AvgIpc) is 3.03. The summed E-state index contributed by atoms with van der Waals surface area (Å²) in [4.78, 5) is 22.3. The number of nitrogens with one attached hydrogen (secondary N) is 2. The van der Waals surface area contributed by atoms with Crippen molar-refractivity contribution in [1.29, 1.82) is 0 Å². The number of ether oxygens (including phenoxy) is 2. The molecule has 0 fully saturated rings. The predicted molar refractivity (Wildman–Crippen MR) is 88.8 cm³/mol. The van der Waals surface area contributed by atoms with Gasteiger partial charge in [0.2, 0.25) is 6.79 Å². The van der Waals surface area contributed by atoms with Crippen LogP contribution in [0, 0.1) is 0 Å². The number of amides is 1. The first kappa shape index (κ1) is 16.0. The summed E-state index contributed by atoms with van der Waals surface area (Å²) in [6, 6.07) is 5.51. The van der Waals surface area contributed by atoms with E-state index >= 15 is 0 Å². The lowest BCUT2D eigenvalue weighted by atomic mass is 10.3. The maximum atomic E-state index is 11.9. The Morgan fingerprint density at radius 1 is 1.21 bits per heavy atom. The summed E-state index contributed by atoms with van der Waals surface area (Å²) < 4.78 is 10.6. The number of benzene rings is 1. The maximum Gasteiger partial charge on any atom is 0.271 e. The third-order valence-electron chi connectivity index (χ3n) is 3.37. The SMILES string of the molecule is CN(C)CCNC(=O)c1cnc(Nc2ccc3c(c2)OCO3)cn1. The van der Waals surface area contributed by atoms with Gasteiger partial charge in [-0.2, -0.15) is 0 Å². The zero-order valence-electron chi connectivity index (χ0n) is 13.6. The predicted octanol–water partition coefficient (Wildman–Crippen LogP) is 1.24. The van der Waals surface area contributed by atoms with Crippen molar-refractivity contribution in [3.05, 3.63) is 36.3 Å². The highest BCUT2D eigenvalue weighted by Crippen LogP contribution is 2.34. The van der Waals surface area contributed by atoms with E-state index in [2.05, 4.69) is 20.6 Å². The number of anilines is 2. The molecule has 0 atom stereocenters. The molecule has 2 N–H and O–H groups in total. The molecular formula is C16H19N5O3. The van der Waals surface area contributed by atoms with E-state index < -0.39 is 0 Å². The van der Waals surface area contributed by atoms with Gasteiger partial charge in [-0.3, -0.25) is 4.79 Å². The Balaban J connectivity index is 1.59. The van der Waals surface area contributed by atoms with Gasteiger partial charge < -0.3 is 25.0 Å². The van der Waals surface area contributed by atoms with Crippen LogP contribution in [0.1, 0.15) is 10.5 Å². The van der Waals surface area contributed by atoms with Gasteiger partial charge in [0, 0.05) is 24.8 Å². The quantitative estimate of drug-likeness (QED) is 0.824. The molecule has 0 aliphatic carbocycles. The van der Waals surface area contributed by atoms with Crippen molar-refractivity contribution in [1.82, 2.24) is 20.2 Å². The van der Waals surface area contributed by atoms with Crippen LogP contribution in [0.4, 0.5) is 11.5 Å². The van der Waals surface area contributed by atoms with E-state index in [0.717, 1.165) is 18.0 Å². The molecule has 8 heteroatoms. The minimum absolute atomic E-state index is 0.232. The molecule has 0 saturated carbocycles. The molecule has 0 unspecified atom stereocenters. The van der Waals surface area contributed by atoms with Gasteiger partial charge in [-0.25, -0.2) is 9.97 Å². The fraction of sp³-hybridized carbons (Fsp3) is 0.312. The van der Waals surface area contributed by atoms with Crippen LogP contribution in [0.5, 0.6) is 11.5 Å². The third-order valence-corrected chi connectivity index (χ3v) is 3.37. The molecule has 0 saturated heterocycles. The Hall–Kier alpha value is -2.87. The van der Waals surface area contributed by atoms with Gasteiger partial charge in [0.15, 0.2) is 11.5 Å². The number of likely N-dealkylation sites (N-methyl/N-ethyl adjacent to an activating group) is 1. The third kappa shape index (κ3) is 3.90. The number of rotatable bonds is 6. The fourth-order valence-electron chi connectivity index (χ4n) is 2.12. The summed E-state index contributed by atoms with van der Waals surface area (Å²) in [6.45, 7) is 1.56. The number of nitrogens with zero attached hydrogens (tertiary/aromatic N) is 3. The zero-order valence-corrected chi connectivity index (χ0v) is 13.6. The van der Waals surface area contributed by atoms with Gasteiger partial charge >= 0.3 is 0 Å². The van der Waals surface area contributed by atoms with E-state index in [9.17, 15) is 4.79 Å². The van der Waals surface area contributed by atoms with Gasteiger partial charge in [-0.15, -0.1) is 0 Å². The second-order valence-electron chi connectivity index (χ2n) is 5.54. The molecule has 126 valence electrons. The van der Waals surface area contributed by atoms with Crippen LogP contribution in [0.3, 0.4) is 0 Å². The molecule has 8 nitrogen and oxygen atoms in total. The van der Waals surface area contributed by atoms with Crippen molar-refractivity contribution in [2.24, 2.45) is 0 Å². The van der Waals surface area contributed by atoms with Crippen LogP contribution in [0.25, 0.3) is 0 Å². The Bertz CT molecular complexity index is 718. The van der Waals surface area contributed by atoms with Gasteiger partial charge in [0.05, 0.1) is 12.4 Å². The fourth-order valence-corrected chi connectivity index (χ4v) is 2.12. The van der Waals surface area contributed by atoms with E-state index in [1.807, 2.05) is 37.2 Å². The van der Waals surface area contributed by atoms with Crippen molar-refractivity contribution in [3.63, 3.8) is 0 Å². The van der Waals surface area contributed by atoms with Crippen LogP contribution in [-0.4, -0.2) is 54.8 Å². The Morgan fingerprint density at radius 2 is 2.04 bits per heavy atom. The molecule has 0 spiro atoms. The normalized spacial score (nSPS) is 12.3. The van der Waals surface area contributed by atoms with Crippen molar-refractivity contribution in [2.75, 3.05) is 39.3 Å². The highest BCUT2D eigenvalue weighted by atomic mass is 16.7. The van der Waals surface area contributed by atoms with E-state index in [1.165, 1.54) is 12.4 Å². The lowest BCUT2D eigenvalue weighted by Gasteiger charge is -2.10. The van der Waals surface area contributed by atoms with Crippen LogP contribution in [-0.2, 0) is 0 Å². The van der Waals surface area contributed by atoms with E-state index in [0.29, 0.717) is 18.1 Å². The van der Waals surface area contributed by atoms with Gasteiger partial charge in [-0.1, -0.05) is 0 Å². The zero-order chi connectivity index (χ0) is 16.9. The number of carbonyl (C=O) groups is 1. The van der Waals surface area contributed by atoms with Gasteiger partial charge in [0.1, 0.15) is 11.5 Å². The monoisotopic (exact) mass is 329 g/mol. The molecule has 2 heterocycles. The molecule has 1 amide bonds. The Labute approximate surface area is 139 Å². The van der Waals surface area contributed by atoms with E-state index in [4.69, 9.17) is 9.47 Å². The summed E-state index contributed by atoms with van der Waals surface area (Å²) in [5.41, 5.74) is 1.08. The van der Waals surface area contributed by atoms with Gasteiger partial charge in [-0.05, 0) is 26.2 Å². The number of hydrogen-bond donors (Lipinski definition) is 2. The van der Waals surface area contributed by atoms with Crippen molar-refractivity contribution >= 4 is 17.4 Å². The minimum Gasteiger partial charge on any atom is -0.454 e. The second kappa shape index (κ2) is 7.14. The number of fused-ring (bicyclic) bond motifs is 1. The lowest BCUT2D eigenvalue weighted by molar-refractivity contribution is 0.0945. The first-order valence-electron chi connectivity index (χ1n) is 7.53. The van der Waals surface area contributed by atoms with Crippen LogP contribution in [0.2, 0.25) is 0 Å². The Morgan fingerprint density at radius 3 is 2.79 bits per heavy atom. The topological polar surface area (TPSA) is 88.6 Å². The summed E-state index contributed by atoms with van der Waals surface area (Å²) in [6.07, 6.45) is 2.96. The standard InChI is InChI=1S/C16H19N5O3/c1-21(2)6-5-17-16(22)12-8-19-15(9-18-12)20-11-3-4-13-14(7-11)24-10-23-13/h3-4,7-9H,5-6,10H2,1-2H3,(H,17,22)(H,19,20). The number of hydrogen-bond acceptors (Lipinski definition) is 7. The van der Waals surface area contributed by atoms with E-state index in [-0.39, 0.29) is 18.4 Å². The van der Waals surface area contributed by atoms with Crippen LogP contribution < -0.4 is 20.1 Å². The Kier molecular flexibility index (Phi) is 4.76. The molecule has 1 aliphatic rings. The van der Waals surface area contributed by atoms with Crippen LogP contribution >= 0.6 is 0 Å². The maximum absolute atomic E-state index is 11.9. The van der Waals surface area contributed by atoms with Crippen LogP contribution in [0.15, 0.2) is 30.6 Å². The average molecular weight is 329 g/mol. The smallest absolute Gasteiger partial charge is 0.271 e. The minimum atomic E-state index is -0.237. The lowest BCUT2D eigenvalue weighted by Crippen LogP contribution is -2.31. The number of carbonyl (C=O) groups excluding carboxylic acids is 1. The molecular weight excluding hydrogens is 310 g/mol. The summed E-state index contributed by atoms with van der Waals surface area (Å²) in [5.74, 6) is 1.71. The molecule has 1 aliphatic heterocycles. The molecule has 3 rings (SSSR count). The highest BCUT2D eigenvalue weighted by molar-refractivity contribution is 5.92. The van der Waals surface area contributed by atoms with E-state index in [1.54, 1.807) is 0 Å². The molecule has 1 aromatic carbocycles. The number of aromatic nitrogens is 2. The first-order valence-corrected chi connectivity index (χ1v) is 7.53. The molecule has 1 aromatic heterocycles. The summed E-state index contributed by atoms with van der Waals surface area (Å²) >= 11 is 0. The van der Waals surface area contributed by atoms with Gasteiger partial charge in [0.25, 0.3) is 5.91 Å². The van der Waals surface area contributed by atoms with Crippen molar-refractivity contribution in [3.8, 4) is 11.5 Å². The molecule has 24 heavy (non-hydrogen) atoms. The highest BCUT2D eigenvalue weighted by Gasteiger charge is 2.13. The molecule has 0 radical (unpaired) electrons. The second-order valence-corrected chi connectivity index (χ2v) is 5.54. The summed E-state index contributed by atoms with van der Waals surface area (Å²) in [7, 11) is 3.89. The van der Waals surface area contributed by atoms with Crippen molar-refractivity contribution < 1.29 is 14.3 Å². The molecule has 2 aromatic rings. The molecule has 0 bridgehead atoms. The van der Waals surface area contributed by atoms with Crippen molar-refractivity contribution in [2.45, 2.75) is 0 Å².